The fourth-order valence-corrected chi connectivity index (χ4v) is 4.88. The zero-order chi connectivity index (χ0) is 20.1. The number of sulfone groups is 1. The molecule has 3 rings (SSSR count). The summed E-state index contributed by atoms with van der Waals surface area (Å²) >= 11 is 0. The lowest BCUT2D eigenvalue weighted by Gasteiger charge is -2.11. The zero-order valence-electron chi connectivity index (χ0n) is 15.1. The van der Waals surface area contributed by atoms with E-state index in [0.717, 1.165) is 16.3 Å². The van der Waals surface area contributed by atoms with E-state index in [0.29, 0.717) is 0 Å². The minimum atomic E-state index is -3.18. The highest BCUT2D eigenvalue weighted by atomic mass is 32.2. The van der Waals surface area contributed by atoms with Crippen molar-refractivity contribution in [3.8, 4) is 0 Å². The topological polar surface area (TPSA) is 121 Å². The molecular weight excluding hydrogens is 382 g/mol. The summed E-state index contributed by atoms with van der Waals surface area (Å²) in [4.78, 5) is 35.8. The van der Waals surface area contributed by atoms with Crippen LogP contribution in [0.3, 0.4) is 0 Å². The van der Waals surface area contributed by atoms with Crippen molar-refractivity contribution in [3.63, 3.8) is 0 Å². The molecule has 0 spiro atoms. The number of hydrogen-bond acceptors (Lipinski definition) is 5. The second-order valence-electron chi connectivity index (χ2n) is 6.73. The summed E-state index contributed by atoms with van der Waals surface area (Å²) in [5, 5.41) is 4.51. The number of carbonyl (C=O) groups is 3. The van der Waals surface area contributed by atoms with Gasteiger partial charge in [0.05, 0.1) is 30.4 Å². The molecule has 1 aliphatic rings. The molecule has 148 valence electrons. The maximum Gasteiger partial charge on any atom is 0.257 e. The third-order valence-electron chi connectivity index (χ3n) is 4.61. The van der Waals surface area contributed by atoms with Gasteiger partial charge in [-0.15, -0.1) is 0 Å². The molecule has 3 amide bonds. The van der Waals surface area contributed by atoms with Crippen LogP contribution in [0, 0.1) is 5.92 Å². The van der Waals surface area contributed by atoms with Gasteiger partial charge >= 0.3 is 0 Å². The first kappa shape index (κ1) is 19.8. The van der Waals surface area contributed by atoms with Gasteiger partial charge in [-0.3, -0.25) is 25.2 Å². The van der Waals surface area contributed by atoms with E-state index < -0.39 is 27.6 Å². The van der Waals surface area contributed by atoms with Crippen molar-refractivity contribution in [1.82, 2.24) is 16.2 Å². The lowest BCUT2D eigenvalue weighted by atomic mass is 10.0. The Morgan fingerprint density at radius 2 is 1.71 bits per heavy atom. The van der Waals surface area contributed by atoms with Crippen molar-refractivity contribution in [2.24, 2.45) is 5.92 Å². The van der Waals surface area contributed by atoms with Crippen LogP contribution in [0.25, 0.3) is 10.8 Å². The predicted molar refractivity (Wildman–Crippen MR) is 104 cm³/mol. The van der Waals surface area contributed by atoms with Gasteiger partial charge in [0.25, 0.3) is 5.91 Å². The molecule has 1 aliphatic heterocycles. The third kappa shape index (κ3) is 5.07. The first-order valence-electron chi connectivity index (χ1n) is 8.86. The quantitative estimate of drug-likeness (QED) is 0.611. The molecule has 1 fully saturated rings. The molecule has 1 atom stereocenters. The number of benzene rings is 2. The number of fused-ring (bicyclic) bond motifs is 1. The van der Waals surface area contributed by atoms with Crippen molar-refractivity contribution >= 4 is 38.3 Å². The van der Waals surface area contributed by atoms with E-state index in [1.54, 1.807) is 0 Å². The highest BCUT2D eigenvalue weighted by molar-refractivity contribution is 7.91. The first-order chi connectivity index (χ1) is 13.3. The van der Waals surface area contributed by atoms with Gasteiger partial charge in [0.2, 0.25) is 11.8 Å². The standard InChI is InChI=1S/C19H21N3O5S/c23-17(10-14-6-3-5-13-4-1-2-7-16(13)14)20-11-18(24)21-22-19(25)15-8-9-28(26,27)12-15/h1-7,15H,8-12H2,(H,20,23)(H,21,24)(H,22,25)/t15-/m1/s1. The average molecular weight is 403 g/mol. The van der Waals surface area contributed by atoms with Gasteiger partial charge in [-0.05, 0) is 22.8 Å². The smallest absolute Gasteiger partial charge is 0.257 e. The average Bonchev–Trinajstić information content (AvgIpc) is 3.04. The fraction of sp³-hybridized carbons (Fsp3) is 0.316. The minimum Gasteiger partial charge on any atom is -0.347 e. The minimum absolute atomic E-state index is 0.0245. The SMILES string of the molecule is O=C(Cc1cccc2ccccc12)NCC(=O)NNC(=O)[C@@H]1CCS(=O)(=O)C1. The molecule has 3 N–H and O–H groups in total. The molecule has 28 heavy (non-hydrogen) atoms. The number of nitrogens with one attached hydrogen (secondary N) is 3. The van der Waals surface area contributed by atoms with Crippen LogP contribution in [0.5, 0.6) is 0 Å². The van der Waals surface area contributed by atoms with Gasteiger partial charge < -0.3 is 5.32 Å². The summed E-state index contributed by atoms with van der Waals surface area (Å²) in [6, 6.07) is 13.4. The number of amides is 3. The Hall–Kier alpha value is -2.94. The molecule has 0 aromatic heterocycles. The second-order valence-corrected chi connectivity index (χ2v) is 8.96. The monoisotopic (exact) mass is 403 g/mol. The van der Waals surface area contributed by atoms with Crippen LogP contribution in [0.1, 0.15) is 12.0 Å². The molecule has 0 unspecified atom stereocenters. The molecule has 0 bridgehead atoms. The van der Waals surface area contributed by atoms with Gasteiger partial charge in [-0.2, -0.15) is 0 Å². The van der Waals surface area contributed by atoms with E-state index in [9.17, 15) is 22.8 Å². The van der Waals surface area contributed by atoms with Crippen LogP contribution >= 0.6 is 0 Å². The normalized spacial score (nSPS) is 17.8. The lowest BCUT2D eigenvalue weighted by Crippen LogP contribution is -2.48. The van der Waals surface area contributed by atoms with E-state index >= 15 is 0 Å². The number of rotatable bonds is 5. The van der Waals surface area contributed by atoms with Crippen molar-refractivity contribution in [2.75, 3.05) is 18.1 Å². The van der Waals surface area contributed by atoms with Crippen LogP contribution < -0.4 is 16.2 Å². The molecular formula is C19H21N3O5S. The molecule has 1 heterocycles. The molecule has 2 aromatic carbocycles. The Labute approximate surface area is 162 Å². The summed E-state index contributed by atoms with van der Waals surface area (Å²) in [5.41, 5.74) is 5.25. The highest BCUT2D eigenvalue weighted by Crippen LogP contribution is 2.19. The highest BCUT2D eigenvalue weighted by Gasteiger charge is 2.33. The Morgan fingerprint density at radius 1 is 0.964 bits per heavy atom. The molecule has 9 heteroatoms. The number of carbonyl (C=O) groups excluding carboxylic acids is 3. The zero-order valence-corrected chi connectivity index (χ0v) is 15.9. The van der Waals surface area contributed by atoms with Crippen LogP contribution in [0.2, 0.25) is 0 Å². The lowest BCUT2D eigenvalue weighted by molar-refractivity contribution is -0.131. The first-order valence-corrected chi connectivity index (χ1v) is 10.7. The van der Waals surface area contributed by atoms with Crippen molar-refractivity contribution < 1.29 is 22.8 Å². The van der Waals surface area contributed by atoms with E-state index in [4.69, 9.17) is 0 Å². The van der Waals surface area contributed by atoms with Crippen molar-refractivity contribution in [2.45, 2.75) is 12.8 Å². The second kappa shape index (κ2) is 8.39. The summed E-state index contributed by atoms with van der Waals surface area (Å²) in [7, 11) is -3.18. The fourth-order valence-electron chi connectivity index (χ4n) is 3.14. The van der Waals surface area contributed by atoms with Gasteiger partial charge in [0.15, 0.2) is 9.84 Å². The Balaban J connectivity index is 1.44. The predicted octanol–water partition coefficient (Wildman–Crippen LogP) is 0.0806. The van der Waals surface area contributed by atoms with E-state index in [-0.39, 0.29) is 36.8 Å². The Bertz CT molecular complexity index is 1010. The Kier molecular flexibility index (Phi) is 5.93. The summed E-state index contributed by atoms with van der Waals surface area (Å²) in [6.45, 7) is -0.299. The van der Waals surface area contributed by atoms with Gasteiger partial charge in [0, 0.05) is 0 Å². The molecule has 8 nitrogen and oxygen atoms in total. The summed E-state index contributed by atoms with van der Waals surface area (Å²) in [5.74, 6) is -2.36. The van der Waals surface area contributed by atoms with Crippen molar-refractivity contribution in [1.29, 1.82) is 0 Å². The van der Waals surface area contributed by atoms with Gasteiger partial charge in [-0.25, -0.2) is 8.42 Å². The summed E-state index contributed by atoms with van der Waals surface area (Å²) in [6.07, 6.45) is 0.368. The van der Waals surface area contributed by atoms with E-state index in [1.807, 2.05) is 42.5 Å². The van der Waals surface area contributed by atoms with Crippen LogP contribution in [0.15, 0.2) is 42.5 Å². The van der Waals surface area contributed by atoms with Gasteiger partial charge in [-0.1, -0.05) is 42.5 Å². The molecule has 2 aromatic rings. The van der Waals surface area contributed by atoms with Crippen molar-refractivity contribution in [3.05, 3.63) is 48.0 Å². The third-order valence-corrected chi connectivity index (χ3v) is 6.37. The van der Waals surface area contributed by atoms with Gasteiger partial charge in [0.1, 0.15) is 0 Å². The number of hydrazine groups is 1. The summed E-state index contributed by atoms with van der Waals surface area (Å²) < 4.78 is 22.8. The van der Waals surface area contributed by atoms with Crippen LogP contribution in [0.4, 0.5) is 0 Å². The maximum atomic E-state index is 12.1. The number of hydrogen-bond donors (Lipinski definition) is 3. The molecule has 0 aliphatic carbocycles. The van der Waals surface area contributed by atoms with Crippen LogP contribution in [-0.2, 0) is 30.6 Å². The van der Waals surface area contributed by atoms with Crippen LogP contribution in [-0.4, -0.2) is 44.2 Å². The Morgan fingerprint density at radius 3 is 2.46 bits per heavy atom. The molecule has 1 saturated heterocycles. The van der Waals surface area contributed by atoms with E-state index in [2.05, 4.69) is 16.2 Å². The molecule has 0 saturated carbocycles. The maximum absolute atomic E-state index is 12.1. The molecule has 0 radical (unpaired) electrons. The largest absolute Gasteiger partial charge is 0.347 e. The van der Waals surface area contributed by atoms with E-state index in [1.165, 1.54) is 0 Å².